The Bertz CT molecular complexity index is 1370. The fourth-order valence-corrected chi connectivity index (χ4v) is 5.10. The molecule has 0 atom stereocenters. The van der Waals surface area contributed by atoms with E-state index in [1.54, 1.807) is 17.0 Å². The molecule has 0 unspecified atom stereocenters. The van der Waals surface area contributed by atoms with Crippen molar-refractivity contribution >= 4 is 39.5 Å². The minimum Gasteiger partial charge on any atom is -0.394 e. The molecule has 11 heteroatoms. The predicted octanol–water partition coefficient (Wildman–Crippen LogP) is 3.26. The van der Waals surface area contributed by atoms with Gasteiger partial charge in [-0.1, -0.05) is 0 Å². The van der Waals surface area contributed by atoms with Crippen molar-refractivity contribution in [2.75, 3.05) is 33.2 Å². The molecule has 1 aromatic carbocycles. The van der Waals surface area contributed by atoms with Crippen molar-refractivity contribution in [2.24, 2.45) is 5.73 Å². The van der Waals surface area contributed by atoms with Gasteiger partial charge in [-0.2, -0.15) is 18.3 Å². The lowest BCUT2D eigenvalue weighted by molar-refractivity contribution is -0.0919. The van der Waals surface area contributed by atoms with Gasteiger partial charge in [-0.15, -0.1) is 0 Å². The molecule has 0 radical (unpaired) electrons. The zero-order valence-electron chi connectivity index (χ0n) is 19.3. The molecule has 1 amide bonds. The summed E-state index contributed by atoms with van der Waals surface area (Å²) in [6.45, 7) is 2.74. The van der Waals surface area contributed by atoms with E-state index in [0.29, 0.717) is 59.8 Å². The maximum Gasteiger partial charge on any atom is 0.431 e. The molecule has 2 aromatic heterocycles. The number of nitrogens with two attached hydrogens (primary N) is 1. The Labute approximate surface area is 199 Å². The van der Waals surface area contributed by atoms with Crippen LogP contribution in [0.3, 0.4) is 0 Å². The Morgan fingerprint density at radius 3 is 2.43 bits per heavy atom. The Kier molecular flexibility index (Phi) is 5.74. The standard InChI is InChI=1S/C24H26F3N7O/c1-33-8-10-34(11-9-33)23(35)21-19-17(31-32-21)7-6-16-18(19)13-4-2-3-5-14(13)20(30-16)15(12-28)22(29)24(25,26)27/h6-7,12,28H,2-5,8-11,29H2,1H3,(H,31,32). The third-order valence-corrected chi connectivity index (χ3v) is 6.98. The summed E-state index contributed by atoms with van der Waals surface area (Å²) in [5.41, 5.74) is 6.70. The summed E-state index contributed by atoms with van der Waals surface area (Å²) < 4.78 is 40.4. The smallest absolute Gasteiger partial charge is 0.394 e. The molecular formula is C24H26F3N7O. The van der Waals surface area contributed by atoms with Crippen molar-refractivity contribution in [3.8, 4) is 0 Å². The molecule has 1 aliphatic heterocycles. The highest BCUT2D eigenvalue weighted by atomic mass is 19.4. The first kappa shape index (κ1) is 23.3. The van der Waals surface area contributed by atoms with Gasteiger partial charge in [0.05, 0.1) is 16.7 Å². The molecule has 0 bridgehead atoms. The van der Waals surface area contributed by atoms with Crippen molar-refractivity contribution in [3.63, 3.8) is 0 Å². The normalized spacial score (nSPS) is 18.0. The molecule has 0 spiro atoms. The maximum absolute atomic E-state index is 13.5. The number of nitrogens with zero attached hydrogens (tertiary/aromatic N) is 4. The number of amides is 1. The highest BCUT2D eigenvalue weighted by molar-refractivity contribution is 6.18. The van der Waals surface area contributed by atoms with Crippen LogP contribution < -0.4 is 5.73 Å². The Morgan fingerprint density at radius 1 is 1.09 bits per heavy atom. The number of aryl methyl sites for hydroxylation is 1. The fourth-order valence-electron chi connectivity index (χ4n) is 5.10. The molecule has 2 aliphatic rings. The van der Waals surface area contributed by atoms with Crippen LogP contribution in [0.1, 0.15) is 40.2 Å². The molecule has 1 aliphatic carbocycles. The largest absolute Gasteiger partial charge is 0.431 e. The molecule has 8 nitrogen and oxygen atoms in total. The van der Waals surface area contributed by atoms with Gasteiger partial charge in [-0.05, 0) is 56.0 Å². The maximum atomic E-state index is 13.5. The van der Waals surface area contributed by atoms with Crippen molar-refractivity contribution < 1.29 is 18.0 Å². The zero-order valence-corrected chi connectivity index (χ0v) is 19.3. The van der Waals surface area contributed by atoms with Crippen LogP contribution in [-0.4, -0.2) is 76.5 Å². The second kappa shape index (κ2) is 8.63. The summed E-state index contributed by atoms with van der Waals surface area (Å²) in [7, 11) is 2.01. The number of hydrogen-bond donors (Lipinski definition) is 3. The number of aromatic amines is 1. The van der Waals surface area contributed by atoms with E-state index in [1.807, 2.05) is 7.05 Å². The molecule has 1 fully saturated rings. The van der Waals surface area contributed by atoms with Crippen LogP contribution in [0, 0.1) is 5.41 Å². The number of carbonyl (C=O) groups is 1. The Balaban J connectivity index is 1.75. The van der Waals surface area contributed by atoms with Gasteiger partial charge in [-0.3, -0.25) is 9.89 Å². The second-order valence-corrected chi connectivity index (χ2v) is 9.14. The number of nitrogens with one attached hydrogen (secondary N) is 2. The minimum atomic E-state index is -4.78. The van der Waals surface area contributed by atoms with Gasteiger partial charge in [0.2, 0.25) is 0 Å². The fraction of sp³-hybridized carbons (Fsp3) is 0.417. The van der Waals surface area contributed by atoms with Gasteiger partial charge in [-0.25, -0.2) is 4.98 Å². The molecule has 5 rings (SSSR count). The van der Waals surface area contributed by atoms with Crippen molar-refractivity contribution in [1.29, 1.82) is 5.41 Å². The summed E-state index contributed by atoms with van der Waals surface area (Å²) in [4.78, 5) is 22.0. The van der Waals surface area contributed by atoms with E-state index >= 15 is 0 Å². The third-order valence-electron chi connectivity index (χ3n) is 6.98. The number of benzene rings is 1. The quantitative estimate of drug-likeness (QED) is 0.493. The Morgan fingerprint density at radius 2 is 1.77 bits per heavy atom. The SMILES string of the molecule is CN1CCN(C(=O)c2n[nH]c3ccc4nc(C(C=N)=C(N)C(F)(F)F)c5c(c4c23)CCCC5)CC1. The number of fused-ring (bicyclic) bond motifs is 5. The highest BCUT2D eigenvalue weighted by Gasteiger charge is 2.36. The van der Waals surface area contributed by atoms with E-state index in [9.17, 15) is 18.0 Å². The average Bonchev–Trinajstić information content (AvgIpc) is 3.28. The Hall–Kier alpha value is -3.47. The number of likely N-dealkylation sites (N-methyl/N-ethyl adjacent to an activating group) is 1. The van der Waals surface area contributed by atoms with Crippen LogP contribution >= 0.6 is 0 Å². The van der Waals surface area contributed by atoms with Gasteiger partial charge in [0.25, 0.3) is 5.91 Å². The van der Waals surface area contributed by atoms with Crippen molar-refractivity contribution in [1.82, 2.24) is 25.0 Å². The van der Waals surface area contributed by atoms with E-state index in [0.717, 1.165) is 36.9 Å². The van der Waals surface area contributed by atoms with E-state index in [-0.39, 0.29) is 11.6 Å². The molecule has 0 saturated carbocycles. The molecule has 4 N–H and O–H groups in total. The van der Waals surface area contributed by atoms with Gasteiger partial charge < -0.3 is 20.9 Å². The van der Waals surface area contributed by atoms with E-state index in [1.165, 1.54) is 0 Å². The number of rotatable bonds is 3. The molecule has 1 saturated heterocycles. The van der Waals surface area contributed by atoms with Gasteiger partial charge >= 0.3 is 6.18 Å². The predicted molar refractivity (Wildman–Crippen MR) is 127 cm³/mol. The minimum absolute atomic E-state index is 0.0896. The highest BCUT2D eigenvalue weighted by Crippen LogP contribution is 2.39. The topological polar surface area (TPSA) is 115 Å². The molecule has 35 heavy (non-hydrogen) atoms. The van der Waals surface area contributed by atoms with E-state index < -0.39 is 17.4 Å². The number of halogens is 3. The van der Waals surface area contributed by atoms with Crippen LogP contribution in [0.2, 0.25) is 0 Å². The first-order valence-electron chi connectivity index (χ1n) is 11.6. The first-order valence-corrected chi connectivity index (χ1v) is 11.6. The van der Waals surface area contributed by atoms with Gasteiger partial charge in [0.15, 0.2) is 5.69 Å². The summed E-state index contributed by atoms with van der Waals surface area (Å²) in [5.74, 6) is -0.174. The summed E-state index contributed by atoms with van der Waals surface area (Å²) in [6.07, 6.45) is -1.35. The monoisotopic (exact) mass is 485 g/mol. The summed E-state index contributed by atoms with van der Waals surface area (Å²) >= 11 is 0. The molecule has 184 valence electrons. The number of hydrogen-bond acceptors (Lipinski definition) is 6. The molecular weight excluding hydrogens is 459 g/mol. The van der Waals surface area contributed by atoms with Crippen LogP contribution in [0.25, 0.3) is 27.4 Å². The first-order chi connectivity index (χ1) is 16.7. The molecule has 3 heterocycles. The lowest BCUT2D eigenvalue weighted by Crippen LogP contribution is -2.47. The number of carbonyl (C=O) groups excluding carboxylic acids is 1. The number of piperazine rings is 1. The van der Waals surface area contributed by atoms with E-state index in [2.05, 4.69) is 20.1 Å². The number of alkyl halides is 3. The van der Waals surface area contributed by atoms with Crippen LogP contribution in [0.15, 0.2) is 17.8 Å². The van der Waals surface area contributed by atoms with Crippen LogP contribution in [0.4, 0.5) is 13.2 Å². The van der Waals surface area contributed by atoms with Crippen molar-refractivity contribution in [3.05, 3.63) is 40.3 Å². The number of pyridine rings is 1. The lowest BCUT2D eigenvalue weighted by Gasteiger charge is -2.32. The van der Waals surface area contributed by atoms with Crippen LogP contribution in [0.5, 0.6) is 0 Å². The van der Waals surface area contributed by atoms with Crippen molar-refractivity contribution in [2.45, 2.75) is 31.9 Å². The molecule has 3 aromatic rings. The van der Waals surface area contributed by atoms with Crippen LogP contribution in [-0.2, 0) is 12.8 Å². The summed E-state index contributed by atoms with van der Waals surface area (Å²) in [6, 6.07) is 3.45. The van der Waals surface area contributed by atoms with E-state index in [4.69, 9.17) is 11.1 Å². The summed E-state index contributed by atoms with van der Waals surface area (Å²) in [5, 5.41) is 16.4. The average molecular weight is 486 g/mol. The van der Waals surface area contributed by atoms with Gasteiger partial charge in [0, 0.05) is 48.7 Å². The van der Waals surface area contributed by atoms with Gasteiger partial charge in [0.1, 0.15) is 5.70 Å². The lowest BCUT2D eigenvalue weighted by atomic mass is 9.85. The number of aromatic nitrogens is 3. The number of H-pyrrole nitrogens is 1. The third kappa shape index (κ3) is 3.93. The zero-order chi connectivity index (χ0) is 24.9. The number of allylic oxidation sites excluding steroid dienone is 2. The second-order valence-electron chi connectivity index (χ2n) is 9.14.